The lowest BCUT2D eigenvalue weighted by molar-refractivity contribution is -0.383. The van der Waals surface area contributed by atoms with Crippen LogP contribution in [0.4, 0.5) is 11.4 Å². The van der Waals surface area contributed by atoms with Gasteiger partial charge in [0.25, 0.3) is 5.69 Å². The molecule has 1 aliphatic carbocycles. The summed E-state index contributed by atoms with van der Waals surface area (Å²) in [5.41, 5.74) is -0.408. The number of nitrogens with one attached hydrogen (secondary N) is 1. The largest absolute Gasteiger partial charge is 0.481 e. The van der Waals surface area contributed by atoms with Crippen molar-refractivity contribution < 1.29 is 19.6 Å². The summed E-state index contributed by atoms with van der Waals surface area (Å²) in [4.78, 5) is 34.0. The monoisotopic (exact) mass is 358 g/mol. The molecule has 0 unspecified atom stereocenters. The summed E-state index contributed by atoms with van der Waals surface area (Å²) in [5, 5.41) is 23.2. The lowest BCUT2D eigenvalue weighted by Gasteiger charge is -2.25. The van der Waals surface area contributed by atoms with Crippen molar-refractivity contribution >= 4 is 46.5 Å². The Morgan fingerprint density at radius 2 is 2.00 bits per heavy atom. The van der Waals surface area contributed by atoms with Crippen LogP contribution in [0.2, 0.25) is 5.02 Å². The molecule has 0 bridgehead atoms. The second kappa shape index (κ2) is 6.97. The molecule has 0 aliphatic heterocycles. The van der Waals surface area contributed by atoms with Gasteiger partial charge >= 0.3 is 5.97 Å². The smallest absolute Gasteiger partial charge is 0.307 e. The number of halogens is 2. The van der Waals surface area contributed by atoms with Crippen LogP contribution in [0.5, 0.6) is 0 Å². The van der Waals surface area contributed by atoms with E-state index in [9.17, 15) is 24.8 Å². The molecule has 23 heavy (non-hydrogen) atoms. The Hall–Kier alpha value is -2.12. The van der Waals surface area contributed by atoms with Gasteiger partial charge in [0.2, 0.25) is 5.91 Å². The Bertz CT molecular complexity index is 704. The van der Waals surface area contributed by atoms with Crippen LogP contribution in [0.1, 0.15) is 12.8 Å². The number of nitro groups is 1. The van der Waals surface area contributed by atoms with Crippen molar-refractivity contribution in [2.24, 2.45) is 11.8 Å². The maximum absolute atomic E-state index is 12.4. The molecule has 1 aliphatic rings. The highest BCUT2D eigenvalue weighted by Crippen LogP contribution is 2.34. The van der Waals surface area contributed by atoms with Gasteiger partial charge in [-0.3, -0.25) is 19.7 Å². The number of carbonyl (C=O) groups is 2. The average molecular weight is 359 g/mol. The Morgan fingerprint density at radius 1 is 1.30 bits per heavy atom. The molecule has 2 atom stereocenters. The van der Waals surface area contributed by atoms with Crippen molar-refractivity contribution in [1.82, 2.24) is 0 Å². The fraction of sp³-hybridized carbons (Fsp3) is 0.286. The summed E-state index contributed by atoms with van der Waals surface area (Å²) in [6.45, 7) is 0. The standard InChI is InChI=1S/C14H12Cl2N2O5/c15-7-1-3-9(14(20)21)10(5-7)13(19)17-11-4-2-8(16)6-12(11)18(22)23/h1-2,4,6,9-10H,3,5H2,(H,17,19)(H,20,21)/t9-,10+/m0/s1. The van der Waals surface area contributed by atoms with E-state index < -0.39 is 28.6 Å². The Balaban J connectivity index is 2.26. The summed E-state index contributed by atoms with van der Waals surface area (Å²) in [6.07, 6.45) is 1.77. The molecule has 0 radical (unpaired) electrons. The minimum atomic E-state index is -1.11. The molecule has 0 saturated heterocycles. The first kappa shape index (κ1) is 17.2. The topological polar surface area (TPSA) is 110 Å². The molecule has 1 aromatic carbocycles. The molecular weight excluding hydrogens is 347 g/mol. The zero-order valence-corrected chi connectivity index (χ0v) is 13.2. The summed E-state index contributed by atoms with van der Waals surface area (Å²) < 4.78 is 0. The van der Waals surface area contributed by atoms with Crippen molar-refractivity contribution in [3.05, 3.63) is 44.4 Å². The number of carboxylic acids is 1. The van der Waals surface area contributed by atoms with Gasteiger partial charge in [-0.2, -0.15) is 0 Å². The predicted octanol–water partition coefficient (Wildman–Crippen LogP) is 3.42. The van der Waals surface area contributed by atoms with E-state index in [1.807, 2.05) is 0 Å². The molecule has 2 rings (SSSR count). The molecular formula is C14H12Cl2N2O5. The van der Waals surface area contributed by atoms with E-state index in [0.29, 0.717) is 5.03 Å². The number of carbonyl (C=O) groups excluding carboxylic acids is 1. The number of allylic oxidation sites excluding steroid dienone is 2. The van der Waals surface area contributed by atoms with Crippen LogP contribution in [0, 0.1) is 22.0 Å². The lowest BCUT2D eigenvalue weighted by atomic mass is 9.82. The van der Waals surface area contributed by atoms with Gasteiger partial charge < -0.3 is 10.4 Å². The minimum absolute atomic E-state index is 0.0424. The van der Waals surface area contributed by atoms with Crippen LogP contribution < -0.4 is 5.32 Å². The Morgan fingerprint density at radius 3 is 2.61 bits per heavy atom. The third-order valence-corrected chi connectivity index (χ3v) is 4.11. The van der Waals surface area contributed by atoms with Crippen LogP contribution in [0.25, 0.3) is 0 Å². The number of benzene rings is 1. The third-order valence-electron chi connectivity index (χ3n) is 3.56. The zero-order valence-electron chi connectivity index (χ0n) is 11.7. The SMILES string of the molecule is O=C(O)[C@H]1CC=C(Cl)C[C@H]1C(=O)Nc1ccc(Cl)cc1[N+](=O)[O-]. The molecule has 1 amide bonds. The molecule has 122 valence electrons. The normalized spacial score (nSPS) is 20.5. The molecule has 2 N–H and O–H groups in total. The number of anilines is 1. The molecule has 0 spiro atoms. The van der Waals surface area contributed by atoms with Gasteiger partial charge in [0.1, 0.15) is 5.69 Å². The quantitative estimate of drug-likeness (QED) is 0.632. The van der Waals surface area contributed by atoms with Gasteiger partial charge in [-0.1, -0.05) is 29.3 Å². The van der Waals surface area contributed by atoms with Gasteiger partial charge in [0.15, 0.2) is 0 Å². The van der Waals surface area contributed by atoms with E-state index in [1.54, 1.807) is 6.08 Å². The average Bonchev–Trinajstić information content (AvgIpc) is 2.48. The van der Waals surface area contributed by atoms with Crippen molar-refractivity contribution in [2.45, 2.75) is 12.8 Å². The Labute approximate surface area is 141 Å². The number of aliphatic carboxylic acids is 1. The highest BCUT2D eigenvalue weighted by Gasteiger charge is 2.36. The fourth-order valence-electron chi connectivity index (χ4n) is 2.39. The van der Waals surface area contributed by atoms with Crippen LogP contribution in [-0.2, 0) is 9.59 Å². The van der Waals surface area contributed by atoms with E-state index in [-0.39, 0.29) is 29.2 Å². The highest BCUT2D eigenvalue weighted by atomic mass is 35.5. The maximum atomic E-state index is 12.4. The molecule has 1 aromatic rings. The van der Waals surface area contributed by atoms with E-state index in [0.717, 1.165) is 6.07 Å². The van der Waals surface area contributed by atoms with Gasteiger partial charge in [-0.25, -0.2) is 0 Å². The summed E-state index contributed by atoms with van der Waals surface area (Å²) >= 11 is 11.6. The second-order valence-corrected chi connectivity index (χ2v) is 5.97. The van der Waals surface area contributed by atoms with Gasteiger partial charge in [-0.15, -0.1) is 0 Å². The number of hydrogen-bond donors (Lipinski definition) is 2. The van der Waals surface area contributed by atoms with E-state index >= 15 is 0 Å². The van der Waals surface area contributed by atoms with Crippen molar-refractivity contribution in [3.8, 4) is 0 Å². The molecule has 0 heterocycles. The third kappa shape index (κ3) is 4.00. The number of rotatable bonds is 4. The fourth-order valence-corrected chi connectivity index (χ4v) is 2.81. The number of amides is 1. The molecule has 0 saturated carbocycles. The molecule has 9 heteroatoms. The first-order valence-corrected chi connectivity index (χ1v) is 7.37. The van der Waals surface area contributed by atoms with Crippen molar-refractivity contribution in [2.75, 3.05) is 5.32 Å². The van der Waals surface area contributed by atoms with Crippen LogP contribution in [0.15, 0.2) is 29.3 Å². The zero-order chi connectivity index (χ0) is 17.1. The van der Waals surface area contributed by atoms with E-state index in [2.05, 4.69) is 5.32 Å². The first-order chi connectivity index (χ1) is 10.8. The summed E-state index contributed by atoms with van der Waals surface area (Å²) in [7, 11) is 0. The van der Waals surface area contributed by atoms with E-state index in [1.165, 1.54) is 12.1 Å². The van der Waals surface area contributed by atoms with E-state index in [4.69, 9.17) is 23.2 Å². The minimum Gasteiger partial charge on any atom is -0.481 e. The van der Waals surface area contributed by atoms with Crippen LogP contribution in [0.3, 0.4) is 0 Å². The summed E-state index contributed by atoms with van der Waals surface area (Å²) in [6, 6.07) is 3.81. The van der Waals surface area contributed by atoms with Crippen LogP contribution >= 0.6 is 23.2 Å². The number of nitrogens with zero attached hydrogens (tertiary/aromatic N) is 1. The maximum Gasteiger partial charge on any atom is 0.307 e. The molecule has 7 nitrogen and oxygen atoms in total. The van der Waals surface area contributed by atoms with Gasteiger partial charge in [-0.05, 0) is 25.0 Å². The van der Waals surface area contributed by atoms with Gasteiger partial charge in [0, 0.05) is 16.1 Å². The number of hydrogen-bond acceptors (Lipinski definition) is 4. The number of carboxylic acid groups (broad SMARTS) is 1. The predicted molar refractivity (Wildman–Crippen MR) is 84.5 cm³/mol. The highest BCUT2D eigenvalue weighted by molar-refractivity contribution is 6.31. The second-order valence-electron chi connectivity index (χ2n) is 5.05. The summed E-state index contributed by atoms with van der Waals surface area (Å²) in [5.74, 6) is -3.57. The van der Waals surface area contributed by atoms with Crippen molar-refractivity contribution in [1.29, 1.82) is 0 Å². The van der Waals surface area contributed by atoms with Crippen molar-refractivity contribution in [3.63, 3.8) is 0 Å². The number of nitro benzene ring substituents is 1. The van der Waals surface area contributed by atoms with Gasteiger partial charge in [0.05, 0.1) is 16.8 Å². The molecule has 0 aromatic heterocycles. The lowest BCUT2D eigenvalue weighted by Crippen LogP contribution is -2.35. The first-order valence-electron chi connectivity index (χ1n) is 6.61. The Kier molecular flexibility index (Phi) is 5.23. The van der Waals surface area contributed by atoms with Crippen LogP contribution in [-0.4, -0.2) is 21.9 Å². The molecule has 0 fully saturated rings.